The first-order valence-electron chi connectivity index (χ1n) is 13.6. The van der Waals surface area contributed by atoms with Gasteiger partial charge < -0.3 is 15.0 Å². The van der Waals surface area contributed by atoms with Gasteiger partial charge in [0.2, 0.25) is 11.9 Å². The van der Waals surface area contributed by atoms with E-state index in [9.17, 15) is 22.4 Å². The molecule has 1 aliphatic heterocycles. The van der Waals surface area contributed by atoms with E-state index in [1.807, 2.05) is 0 Å². The molecule has 14 heteroatoms. The van der Waals surface area contributed by atoms with Crippen LogP contribution in [0.4, 0.5) is 32.3 Å². The number of benzene rings is 2. The van der Waals surface area contributed by atoms with E-state index in [0.717, 1.165) is 4.31 Å². The monoisotopic (exact) mass is 630 g/mol. The van der Waals surface area contributed by atoms with E-state index in [-0.39, 0.29) is 34.0 Å². The lowest BCUT2D eigenvalue weighted by Gasteiger charge is -2.27. The third-order valence-electron chi connectivity index (χ3n) is 7.05. The topological polar surface area (TPSA) is 125 Å². The molecule has 2 heterocycles. The molecule has 1 saturated carbocycles. The Balaban J connectivity index is 1.41. The molecule has 228 valence electrons. The van der Waals surface area contributed by atoms with Crippen molar-refractivity contribution in [3.63, 3.8) is 0 Å². The molecule has 1 spiro atoms. The number of hydrogen-bond acceptors (Lipinski definition) is 9. The van der Waals surface area contributed by atoms with Crippen molar-refractivity contribution in [3.05, 3.63) is 65.1 Å². The molecule has 0 bridgehead atoms. The molecule has 1 N–H and O–H groups in total. The van der Waals surface area contributed by atoms with Crippen molar-refractivity contribution in [2.45, 2.75) is 49.5 Å². The van der Waals surface area contributed by atoms with Crippen LogP contribution in [0.1, 0.15) is 39.2 Å². The molecule has 1 fully saturated rings. The van der Waals surface area contributed by atoms with Gasteiger partial charge in [0.15, 0.2) is 0 Å². The number of carbonyl (C=O) groups excluding carboxylic acids is 2. The van der Waals surface area contributed by atoms with Crippen LogP contribution in [0.15, 0.2) is 53.6 Å². The summed E-state index contributed by atoms with van der Waals surface area (Å²) in [6, 6.07) is 9.54. The lowest BCUT2D eigenvalue weighted by molar-refractivity contribution is -0.119. The molecule has 43 heavy (non-hydrogen) atoms. The van der Waals surface area contributed by atoms with Gasteiger partial charge in [-0.15, -0.1) is 0 Å². The Bertz CT molecular complexity index is 1690. The zero-order chi connectivity index (χ0) is 31.3. The van der Waals surface area contributed by atoms with Gasteiger partial charge in [0.05, 0.1) is 27.6 Å². The summed E-state index contributed by atoms with van der Waals surface area (Å²) in [5.41, 5.74) is -0.334. The molecule has 0 unspecified atom stereocenters. The summed E-state index contributed by atoms with van der Waals surface area (Å²) < 4.78 is 47.2. The van der Waals surface area contributed by atoms with Crippen LogP contribution in [0.5, 0.6) is 0 Å². The average molecular weight is 631 g/mol. The average Bonchev–Trinajstić information content (AvgIpc) is 3.68. The number of hydrogen-bond donors (Lipinski definition) is 1. The number of fused-ring (bicyclic) bond motifs is 2. The summed E-state index contributed by atoms with van der Waals surface area (Å²) in [6.45, 7) is 5.19. The predicted octanol–water partition coefficient (Wildman–Crippen LogP) is 5.21. The number of amides is 2. The van der Waals surface area contributed by atoms with Crippen molar-refractivity contribution in [2.24, 2.45) is 0 Å². The molecule has 5 rings (SSSR count). The van der Waals surface area contributed by atoms with Crippen LogP contribution in [-0.2, 0) is 25.0 Å². The number of nitrogens with zero attached hydrogens (tertiary/aromatic N) is 5. The second-order valence-electron chi connectivity index (χ2n) is 11.8. The molecule has 2 aromatic carbocycles. The molecule has 0 saturated heterocycles. The highest BCUT2D eigenvalue weighted by Gasteiger charge is 2.61. The first kappa shape index (κ1) is 30.6. The highest BCUT2D eigenvalue weighted by atomic mass is 35.5. The predicted molar refractivity (Wildman–Crippen MR) is 160 cm³/mol. The Hall–Kier alpha value is -3.81. The van der Waals surface area contributed by atoms with Crippen LogP contribution < -0.4 is 10.2 Å². The van der Waals surface area contributed by atoms with Gasteiger partial charge in [-0.1, -0.05) is 11.6 Å². The SMILES string of the molecule is CN(C)CCN(C(=O)OC(C)(C)C)S(=O)(=O)c1ccc(Nc2ncc3c(n2)N(c2cc(F)ccc2Cl)C(=O)C32CC2)cc1. The van der Waals surface area contributed by atoms with E-state index in [4.69, 9.17) is 16.3 Å². The maximum Gasteiger partial charge on any atom is 0.424 e. The number of ether oxygens (including phenoxy) is 1. The lowest BCUT2D eigenvalue weighted by Crippen LogP contribution is -2.43. The van der Waals surface area contributed by atoms with Gasteiger partial charge in [-0.05, 0) is 90.2 Å². The van der Waals surface area contributed by atoms with Crippen molar-refractivity contribution < 1.29 is 27.1 Å². The lowest BCUT2D eigenvalue weighted by atomic mass is 10.0. The fraction of sp³-hybridized carbons (Fsp3) is 0.379. The van der Waals surface area contributed by atoms with Gasteiger partial charge in [-0.3, -0.25) is 9.69 Å². The molecular formula is C29H32ClFN6O5S. The number of anilines is 4. The molecule has 1 aromatic heterocycles. The van der Waals surface area contributed by atoms with Crippen LogP contribution in [0, 0.1) is 5.82 Å². The minimum atomic E-state index is -4.24. The van der Waals surface area contributed by atoms with Crippen LogP contribution in [0.2, 0.25) is 5.02 Å². The third-order valence-corrected chi connectivity index (χ3v) is 9.15. The van der Waals surface area contributed by atoms with Gasteiger partial charge in [0, 0.05) is 24.0 Å². The van der Waals surface area contributed by atoms with Crippen LogP contribution >= 0.6 is 11.6 Å². The van der Waals surface area contributed by atoms with Gasteiger partial charge >= 0.3 is 6.09 Å². The molecule has 11 nitrogen and oxygen atoms in total. The van der Waals surface area contributed by atoms with Crippen molar-refractivity contribution in [1.29, 1.82) is 0 Å². The molecule has 0 atom stereocenters. The van der Waals surface area contributed by atoms with E-state index in [0.29, 0.717) is 36.5 Å². The molecule has 3 aromatic rings. The first-order valence-corrected chi connectivity index (χ1v) is 15.4. The quantitative estimate of drug-likeness (QED) is 0.357. The number of halogens is 2. The number of nitrogens with one attached hydrogen (secondary N) is 1. The smallest absolute Gasteiger partial charge is 0.424 e. The minimum Gasteiger partial charge on any atom is -0.443 e. The second kappa shape index (κ2) is 11.0. The summed E-state index contributed by atoms with van der Waals surface area (Å²) in [5.74, 6) is -0.334. The highest BCUT2D eigenvalue weighted by molar-refractivity contribution is 7.89. The molecule has 1 aliphatic carbocycles. The molecular weight excluding hydrogens is 599 g/mol. The standard InChI is InChI=1S/C29H32ClFN6O5S/c1-28(2,3)42-27(39)36(15-14-35(4)5)43(40,41)20-9-7-19(8-10-20)33-26-32-17-21-24(34-26)37(25(38)29(21)12-13-29)23-16-18(31)6-11-22(23)30/h6-11,16-17H,12-15H2,1-5H3,(H,32,33,34). The van der Waals surface area contributed by atoms with E-state index < -0.39 is 32.9 Å². The summed E-state index contributed by atoms with van der Waals surface area (Å²) in [6.07, 6.45) is 1.87. The number of sulfonamides is 1. The summed E-state index contributed by atoms with van der Waals surface area (Å²) >= 11 is 6.35. The third kappa shape index (κ3) is 6.01. The van der Waals surface area contributed by atoms with Crippen LogP contribution in [0.3, 0.4) is 0 Å². The van der Waals surface area contributed by atoms with Gasteiger partial charge in [-0.25, -0.2) is 22.6 Å². The maximum atomic E-state index is 14.1. The van der Waals surface area contributed by atoms with E-state index in [1.165, 1.54) is 47.4 Å². The number of likely N-dealkylation sites (N-methyl/N-ethyl adjacent to an activating group) is 1. The summed E-state index contributed by atoms with van der Waals surface area (Å²) in [4.78, 5) is 38.2. The Morgan fingerprint density at radius 3 is 2.42 bits per heavy atom. The van der Waals surface area contributed by atoms with E-state index >= 15 is 0 Å². The van der Waals surface area contributed by atoms with Crippen molar-refractivity contribution in [1.82, 2.24) is 19.2 Å². The molecule has 2 aliphatic rings. The fourth-order valence-corrected chi connectivity index (χ4v) is 6.23. The fourth-order valence-electron chi connectivity index (χ4n) is 4.74. The zero-order valence-electron chi connectivity index (χ0n) is 24.4. The van der Waals surface area contributed by atoms with Crippen molar-refractivity contribution in [2.75, 3.05) is 37.4 Å². The Morgan fingerprint density at radius 2 is 1.81 bits per heavy atom. The Kier molecular flexibility index (Phi) is 7.86. The Morgan fingerprint density at radius 1 is 1.14 bits per heavy atom. The largest absolute Gasteiger partial charge is 0.443 e. The van der Waals surface area contributed by atoms with Crippen molar-refractivity contribution >= 4 is 56.8 Å². The summed E-state index contributed by atoms with van der Waals surface area (Å²) in [5, 5.41) is 3.23. The van der Waals surface area contributed by atoms with E-state index in [2.05, 4.69) is 15.3 Å². The summed E-state index contributed by atoms with van der Waals surface area (Å²) in [7, 11) is -0.695. The highest BCUT2D eigenvalue weighted by Crippen LogP contribution is 2.58. The number of aromatic nitrogens is 2. The first-order chi connectivity index (χ1) is 20.1. The molecule has 0 radical (unpaired) electrons. The van der Waals surface area contributed by atoms with Crippen LogP contribution in [-0.4, -0.2) is 72.4 Å². The number of rotatable bonds is 8. The van der Waals surface area contributed by atoms with Crippen molar-refractivity contribution in [3.8, 4) is 0 Å². The zero-order valence-corrected chi connectivity index (χ0v) is 26.0. The Labute approximate surface area is 254 Å². The molecule has 2 amide bonds. The van der Waals surface area contributed by atoms with Gasteiger partial charge in [-0.2, -0.15) is 9.29 Å². The second-order valence-corrected chi connectivity index (χ2v) is 14.0. The van der Waals surface area contributed by atoms with Gasteiger partial charge in [0.1, 0.15) is 17.2 Å². The normalized spacial score (nSPS) is 15.5. The van der Waals surface area contributed by atoms with Crippen LogP contribution in [0.25, 0.3) is 0 Å². The van der Waals surface area contributed by atoms with Gasteiger partial charge in [0.25, 0.3) is 10.0 Å². The number of carbonyl (C=O) groups is 2. The minimum absolute atomic E-state index is 0.0980. The maximum absolute atomic E-state index is 14.1. The van der Waals surface area contributed by atoms with E-state index in [1.54, 1.807) is 46.0 Å².